The number of rotatable bonds is 6. The van der Waals surface area contributed by atoms with Crippen LogP contribution in [0.3, 0.4) is 0 Å². The lowest BCUT2D eigenvalue weighted by Gasteiger charge is -2.09. The van der Waals surface area contributed by atoms with Crippen molar-refractivity contribution in [1.29, 1.82) is 0 Å². The van der Waals surface area contributed by atoms with E-state index in [4.69, 9.17) is 15.2 Å². The molecule has 0 bridgehead atoms. The van der Waals surface area contributed by atoms with E-state index < -0.39 is 0 Å². The van der Waals surface area contributed by atoms with Gasteiger partial charge in [-0.25, -0.2) is 4.68 Å². The van der Waals surface area contributed by atoms with Crippen LogP contribution in [0.15, 0.2) is 24.3 Å². The normalized spacial score (nSPS) is 10.6. The van der Waals surface area contributed by atoms with Crippen LogP contribution >= 0.6 is 0 Å². The molecule has 1 aromatic heterocycles. The number of nitrogen functional groups attached to an aromatic ring is 1. The summed E-state index contributed by atoms with van der Waals surface area (Å²) in [6.45, 7) is 7.38. The quantitative estimate of drug-likeness (QED) is 0.878. The molecule has 2 N–H and O–H groups in total. The van der Waals surface area contributed by atoms with Crippen LogP contribution in [0.25, 0.3) is 0 Å². The first kappa shape index (κ1) is 14.2. The third-order valence-electron chi connectivity index (χ3n) is 2.94. The minimum absolute atomic E-state index is 0.582. The molecule has 20 heavy (non-hydrogen) atoms. The fourth-order valence-corrected chi connectivity index (χ4v) is 1.83. The summed E-state index contributed by atoms with van der Waals surface area (Å²) in [6, 6.07) is 7.51. The number of benzene rings is 1. The van der Waals surface area contributed by atoms with E-state index in [0.29, 0.717) is 18.1 Å². The summed E-state index contributed by atoms with van der Waals surface area (Å²) >= 11 is 0. The number of nitrogens with two attached hydrogens (primary N) is 1. The molecule has 0 aliphatic carbocycles. The van der Waals surface area contributed by atoms with Crippen LogP contribution in [-0.4, -0.2) is 16.4 Å². The van der Waals surface area contributed by atoms with Gasteiger partial charge in [0, 0.05) is 6.54 Å². The second-order valence-corrected chi connectivity index (χ2v) is 4.54. The van der Waals surface area contributed by atoms with Gasteiger partial charge in [0.25, 0.3) is 0 Å². The zero-order chi connectivity index (χ0) is 14.5. The van der Waals surface area contributed by atoms with Crippen LogP contribution in [0.4, 0.5) is 5.69 Å². The third-order valence-corrected chi connectivity index (χ3v) is 2.94. The Bertz CT molecular complexity index is 561. The molecular formula is C15H21N3O2. The van der Waals surface area contributed by atoms with E-state index in [-0.39, 0.29) is 0 Å². The molecule has 5 heteroatoms. The van der Waals surface area contributed by atoms with E-state index in [2.05, 4.69) is 12.0 Å². The Hall–Kier alpha value is -2.17. The molecule has 0 saturated heterocycles. The Kier molecular flexibility index (Phi) is 4.50. The molecule has 0 spiro atoms. The van der Waals surface area contributed by atoms with E-state index in [1.54, 1.807) is 4.68 Å². The van der Waals surface area contributed by atoms with Gasteiger partial charge in [-0.2, -0.15) is 5.10 Å². The summed E-state index contributed by atoms with van der Waals surface area (Å²) in [6.07, 6.45) is 0.990. The van der Waals surface area contributed by atoms with Crippen LogP contribution in [-0.2, 0) is 6.54 Å². The number of hydrogen-bond donors (Lipinski definition) is 1. The molecule has 0 aliphatic heterocycles. The van der Waals surface area contributed by atoms with Gasteiger partial charge in [-0.15, -0.1) is 0 Å². The Balaban J connectivity index is 2.14. The van der Waals surface area contributed by atoms with Crippen molar-refractivity contribution in [1.82, 2.24) is 9.78 Å². The van der Waals surface area contributed by atoms with Crippen molar-refractivity contribution in [3.63, 3.8) is 0 Å². The number of hydrogen-bond acceptors (Lipinski definition) is 4. The number of ether oxygens (including phenoxy) is 2. The van der Waals surface area contributed by atoms with Crippen molar-refractivity contribution < 1.29 is 9.47 Å². The van der Waals surface area contributed by atoms with Crippen LogP contribution in [0, 0.1) is 6.92 Å². The predicted molar refractivity (Wildman–Crippen MR) is 79.4 cm³/mol. The zero-order valence-electron chi connectivity index (χ0n) is 12.2. The van der Waals surface area contributed by atoms with Gasteiger partial charge in [-0.3, -0.25) is 0 Å². The van der Waals surface area contributed by atoms with Crippen molar-refractivity contribution >= 4 is 5.69 Å². The van der Waals surface area contributed by atoms with Crippen LogP contribution in [0.5, 0.6) is 17.4 Å². The fraction of sp³-hybridized carbons (Fsp3) is 0.400. The molecule has 0 unspecified atom stereocenters. The first-order chi connectivity index (χ1) is 9.65. The topological polar surface area (TPSA) is 62.3 Å². The lowest BCUT2D eigenvalue weighted by Crippen LogP contribution is -2.01. The minimum Gasteiger partial charge on any atom is -0.494 e. The molecular weight excluding hydrogens is 254 g/mol. The highest BCUT2D eigenvalue weighted by molar-refractivity contribution is 5.54. The first-order valence-corrected chi connectivity index (χ1v) is 6.89. The summed E-state index contributed by atoms with van der Waals surface area (Å²) in [4.78, 5) is 0. The summed E-state index contributed by atoms with van der Waals surface area (Å²) in [7, 11) is 0. The Morgan fingerprint density at radius 3 is 2.40 bits per heavy atom. The molecule has 0 atom stereocenters. The van der Waals surface area contributed by atoms with E-state index in [1.165, 1.54) is 0 Å². The Labute approximate surface area is 119 Å². The van der Waals surface area contributed by atoms with Crippen molar-refractivity contribution in [2.24, 2.45) is 0 Å². The molecule has 2 aromatic rings. The van der Waals surface area contributed by atoms with E-state index in [1.807, 2.05) is 38.1 Å². The standard InChI is InChI=1S/C15H21N3O2/c1-4-10-19-12-6-8-13(9-7-12)20-15-14(16)11(3)17-18(15)5-2/h6-9H,4-5,10,16H2,1-3H3. The Morgan fingerprint density at radius 2 is 1.80 bits per heavy atom. The smallest absolute Gasteiger partial charge is 0.241 e. The molecule has 0 radical (unpaired) electrons. The van der Waals surface area contributed by atoms with E-state index in [9.17, 15) is 0 Å². The molecule has 0 saturated carbocycles. The molecule has 5 nitrogen and oxygen atoms in total. The number of nitrogens with zero attached hydrogens (tertiary/aromatic N) is 2. The third kappa shape index (κ3) is 3.04. The summed E-state index contributed by atoms with van der Waals surface area (Å²) < 4.78 is 13.1. The largest absolute Gasteiger partial charge is 0.494 e. The van der Waals surface area contributed by atoms with Gasteiger partial charge >= 0.3 is 0 Å². The predicted octanol–water partition coefficient (Wildman–Crippen LogP) is 3.37. The summed E-state index contributed by atoms with van der Waals surface area (Å²) in [5.74, 6) is 2.15. The average Bonchev–Trinajstić information content (AvgIpc) is 2.74. The fourth-order valence-electron chi connectivity index (χ4n) is 1.83. The highest BCUT2D eigenvalue weighted by Gasteiger charge is 2.13. The highest BCUT2D eigenvalue weighted by Crippen LogP contribution is 2.30. The van der Waals surface area contributed by atoms with Crippen molar-refractivity contribution in [2.45, 2.75) is 33.7 Å². The maximum absolute atomic E-state index is 5.99. The van der Waals surface area contributed by atoms with Crippen LogP contribution < -0.4 is 15.2 Å². The zero-order valence-corrected chi connectivity index (χ0v) is 12.2. The minimum atomic E-state index is 0.582. The number of aromatic nitrogens is 2. The highest BCUT2D eigenvalue weighted by atomic mass is 16.5. The summed E-state index contributed by atoms with van der Waals surface area (Å²) in [5.41, 5.74) is 7.35. The van der Waals surface area contributed by atoms with Crippen LogP contribution in [0.2, 0.25) is 0 Å². The van der Waals surface area contributed by atoms with Gasteiger partial charge in [0.2, 0.25) is 5.88 Å². The summed E-state index contributed by atoms with van der Waals surface area (Å²) in [5, 5.41) is 4.32. The number of aryl methyl sites for hydroxylation is 2. The Morgan fingerprint density at radius 1 is 1.15 bits per heavy atom. The molecule has 108 valence electrons. The van der Waals surface area contributed by atoms with Gasteiger partial charge in [0.15, 0.2) is 0 Å². The molecule has 1 heterocycles. The van der Waals surface area contributed by atoms with Crippen molar-refractivity contribution in [3.8, 4) is 17.4 Å². The first-order valence-electron chi connectivity index (χ1n) is 6.89. The van der Waals surface area contributed by atoms with Gasteiger partial charge in [-0.1, -0.05) is 6.92 Å². The molecule has 0 amide bonds. The number of anilines is 1. The van der Waals surface area contributed by atoms with Gasteiger partial charge in [-0.05, 0) is 44.5 Å². The van der Waals surface area contributed by atoms with Gasteiger partial charge in [0.05, 0.1) is 12.3 Å². The van der Waals surface area contributed by atoms with Gasteiger partial charge < -0.3 is 15.2 Å². The van der Waals surface area contributed by atoms with E-state index in [0.717, 1.165) is 30.2 Å². The molecule has 0 fully saturated rings. The van der Waals surface area contributed by atoms with E-state index >= 15 is 0 Å². The monoisotopic (exact) mass is 275 g/mol. The molecule has 2 rings (SSSR count). The molecule has 0 aliphatic rings. The maximum Gasteiger partial charge on any atom is 0.241 e. The van der Waals surface area contributed by atoms with Gasteiger partial charge in [0.1, 0.15) is 17.2 Å². The van der Waals surface area contributed by atoms with Crippen LogP contribution in [0.1, 0.15) is 26.0 Å². The lowest BCUT2D eigenvalue weighted by atomic mass is 10.3. The maximum atomic E-state index is 5.99. The van der Waals surface area contributed by atoms with Crippen molar-refractivity contribution in [3.05, 3.63) is 30.0 Å². The average molecular weight is 275 g/mol. The second-order valence-electron chi connectivity index (χ2n) is 4.54. The SMILES string of the molecule is CCCOc1ccc(Oc2c(N)c(C)nn2CC)cc1. The second kappa shape index (κ2) is 6.32. The lowest BCUT2D eigenvalue weighted by molar-refractivity contribution is 0.317. The van der Waals surface area contributed by atoms with Crippen molar-refractivity contribution in [2.75, 3.05) is 12.3 Å². The molecule has 1 aromatic carbocycles.